The lowest BCUT2D eigenvalue weighted by atomic mass is 9.92. The molecule has 2 unspecified atom stereocenters. The highest BCUT2D eigenvalue weighted by atomic mass is 32.2. The number of hydrogen-bond donors (Lipinski definition) is 0. The van der Waals surface area contributed by atoms with Crippen molar-refractivity contribution in [2.45, 2.75) is 62.8 Å². The predicted octanol–water partition coefficient (Wildman–Crippen LogP) is 2.13. The van der Waals surface area contributed by atoms with Crippen LogP contribution in [0.25, 0.3) is 0 Å². The fraction of sp³-hybridized carbons (Fsp3) is 0.875. The van der Waals surface area contributed by atoms with E-state index >= 15 is 0 Å². The first-order valence-corrected chi connectivity index (χ1v) is 9.49. The van der Waals surface area contributed by atoms with Crippen molar-refractivity contribution in [1.29, 1.82) is 0 Å². The van der Waals surface area contributed by atoms with Crippen molar-refractivity contribution in [3.63, 3.8) is 0 Å². The Morgan fingerprint density at radius 2 is 1.57 bits per heavy atom. The summed E-state index contributed by atoms with van der Waals surface area (Å²) >= 11 is 1.96. The van der Waals surface area contributed by atoms with Gasteiger partial charge in [0.25, 0.3) is 0 Å². The van der Waals surface area contributed by atoms with E-state index in [1.165, 1.54) is 25.7 Å². The van der Waals surface area contributed by atoms with Crippen molar-refractivity contribution < 1.29 is 9.59 Å². The average Bonchev–Trinajstić information content (AvgIpc) is 2.76. The van der Waals surface area contributed by atoms with Crippen LogP contribution in [-0.4, -0.2) is 58.3 Å². The van der Waals surface area contributed by atoms with E-state index in [9.17, 15) is 9.59 Å². The van der Waals surface area contributed by atoms with Gasteiger partial charge in [-0.1, -0.05) is 0 Å². The van der Waals surface area contributed by atoms with Gasteiger partial charge >= 0.3 is 0 Å². The molecule has 0 aromatic carbocycles. The van der Waals surface area contributed by atoms with E-state index in [0.29, 0.717) is 18.0 Å². The van der Waals surface area contributed by atoms with Crippen molar-refractivity contribution in [2.75, 3.05) is 19.3 Å². The number of piperidine rings is 2. The maximum Gasteiger partial charge on any atom is 0.226 e. The van der Waals surface area contributed by atoms with Gasteiger partial charge in [-0.05, 0) is 44.8 Å². The fourth-order valence-corrected chi connectivity index (χ4v) is 5.16. The quantitative estimate of drug-likeness (QED) is 0.784. The summed E-state index contributed by atoms with van der Waals surface area (Å²) in [5.41, 5.74) is 0. The minimum Gasteiger partial charge on any atom is -0.343 e. The third-order valence-electron chi connectivity index (χ3n) is 5.57. The summed E-state index contributed by atoms with van der Waals surface area (Å²) < 4.78 is 0. The SMILES string of the molecule is CSC1CC2CCC(C1)N2C(=O)C1CCN(C(C)=O)CC1. The zero-order chi connectivity index (χ0) is 15.0. The number of carbonyl (C=O) groups excluding carboxylic acids is 2. The van der Waals surface area contributed by atoms with Crippen molar-refractivity contribution in [3.8, 4) is 0 Å². The predicted molar refractivity (Wildman–Crippen MR) is 85.2 cm³/mol. The molecule has 5 heteroatoms. The average molecular weight is 310 g/mol. The molecule has 0 aromatic heterocycles. The van der Waals surface area contributed by atoms with Gasteiger partial charge < -0.3 is 9.80 Å². The molecule has 0 spiro atoms. The van der Waals surface area contributed by atoms with Crippen LogP contribution >= 0.6 is 11.8 Å². The molecular formula is C16H26N2O2S. The van der Waals surface area contributed by atoms with E-state index in [1.54, 1.807) is 6.92 Å². The van der Waals surface area contributed by atoms with Crippen LogP contribution < -0.4 is 0 Å². The van der Waals surface area contributed by atoms with Crippen LogP contribution in [0.5, 0.6) is 0 Å². The number of hydrogen-bond acceptors (Lipinski definition) is 3. The lowest BCUT2D eigenvalue weighted by molar-refractivity contribution is -0.143. The molecule has 3 saturated heterocycles. The van der Waals surface area contributed by atoms with Gasteiger partial charge in [0.05, 0.1) is 0 Å². The summed E-state index contributed by atoms with van der Waals surface area (Å²) in [7, 11) is 0. The molecule has 4 nitrogen and oxygen atoms in total. The van der Waals surface area contributed by atoms with Gasteiger partial charge in [0.2, 0.25) is 11.8 Å². The number of nitrogens with zero attached hydrogens (tertiary/aromatic N) is 2. The molecule has 0 saturated carbocycles. The molecular weight excluding hydrogens is 284 g/mol. The smallest absolute Gasteiger partial charge is 0.226 e. The Balaban J connectivity index is 1.61. The lowest BCUT2D eigenvalue weighted by Gasteiger charge is -2.41. The molecule has 3 rings (SSSR count). The summed E-state index contributed by atoms with van der Waals surface area (Å²) in [6.07, 6.45) is 8.63. The van der Waals surface area contributed by atoms with Gasteiger partial charge in [-0.15, -0.1) is 0 Å². The lowest BCUT2D eigenvalue weighted by Crippen LogP contribution is -2.51. The molecule has 3 heterocycles. The van der Waals surface area contributed by atoms with Crippen LogP contribution in [0.2, 0.25) is 0 Å². The molecule has 118 valence electrons. The first kappa shape index (κ1) is 15.2. The summed E-state index contributed by atoms with van der Waals surface area (Å²) in [5, 5.41) is 0.742. The van der Waals surface area contributed by atoms with E-state index in [1.807, 2.05) is 16.7 Å². The molecule has 3 aliphatic rings. The Kier molecular flexibility index (Phi) is 4.48. The second-order valence-electron chi connectivity index (χ2n) is 6.74. The maximum absolute atomic E-state index is 12.9. The zero-order valence-corrected chi connectivity index (χ0v) is 13.9. The van der Waals surface area contributed by atoms with E-state index in [0.717, 1.165) is 31.2 Å². The summed E-state index contributed by atoms with van der Waals surface area (Å²) in [6.45, 7) is 3.13. The number of rotatable bonds is 2. The largest absolute Gasteiger partial charge is 0.343 e. The third kappa shape index (κ3) is 2.94. The highest BCUT2D eigenvalue weighted by Gasteiger charge is 2.44. The monoisotopic (exact) mass is 310 g/mol. The standard InChI is InChI=1S/C16H26N2O2S/c1-11(19)17-7-5-12(6-8-17)16(20)18-13-3-4-14(18)10-15(9-13)21-2/h12-15H,3-10H2,1-2H3. The van der Waals surface area contributed by atoms with E-state index < -0.39 is 0 Å². The van der Waals surface area contributed by atoms with Crippen LogP contribution in [0.15, 0.2) is 0 Å². The third-order valence-corrected chi connectivity index (χ3v) is 6.62. The molecule has 2 amide bonds. The Morgan fingerprint density at radius 1 is 1.00 bits per heavy atom. The molecule has 0 radical (unpaired) electrons. The van der Waals surface area contributed by atoms with Crippen LogP contribution in [0.1, 0.15) is 45.4 Å². The molecule has 0 N–H and O–H groups in total. The molecule has 2 atom stereocenters. The highest BCUT2D eigenvalue weighted by molar-refractivity contribution is 7.99. The first-order valence-electron chi connectivity index (χ1n) is 8.20. The van der Waals surface area contributed by atoms with Crippen LogP contribution in [0.4, 0.5) is 0 Å². The van der Waals surface area contributed by atoms with Gasteiger partial charge in [0.1, 0.15) is 0 Å². The van der Waals surface area contributed by atoms with Crippen molar-refractivity contribution in [1.82, 2.24) is 9.80 Å². The van der Waals surface area contributed by atoms with E-state index in [4.69, 9.17) is 0 Å². The topological polar surface area (TPSA) is 40.6 Å². The Morgan fingerprint density at radius 3 is 2.05 bits per heavy atom. The number of fused-ring (bicyclic) bond motifs is 2. The Labute approximate surface area is 131 Å². The van der Waals surface area contributed by atoms with Gasteiger partial charge in [0.15, 0.2) is 0 Å². The molecule has 3 fully saturated rings. The van der Waals surface area contributed by atoms with Crippen molar-refractivity contribution in [2.24, 2.45) is 5.92 Å². The van der Waals surface area contributed by atoms with Crippen LogP contribution in [-0.2, 0) is 9.59 Å². The van der Waals surface area contributed by atoms with Gasteiger partial charge in [-0.2, -0.15) is 11.8 Å². The van der Waals surface area contributed by atoms with Gasteiger partial charge in [-0.25, -0.2) is 0 Å². The summed E-state index contributed by atoms with van der Waals surface area (Å²) in [5.74, 6) is 0.668. The number of thioether (sulfide) groups is 1. The fourth-order valence-electron chi connectivity index (χ4n) is 4.33. The summed E-state index contributed by atoms with van der Waals surface area (Å²) in [6, 6.07) is 0.971. The second-order valence-corrected chi connectivity index (χ2v) is 7.88. The molecule has 0 aromatic rings. The van der Waals surface area contributed by atoms with Gasteiger partial charge in [-0.3, -0.25) is 9.59 Å². The number of carbonyl (C=O) groups is 2. The summed E-state index contributed by atoms with van der Waals surface area (Å²) in [4.78, 5) is 28.4. The van der Waals surface area contributed by atoms with E-state index in [2.05, 4.69) is 11.2 Å². The molecule has 3 aliphatic heterocycles. The second kappa shape index (κ2) is 6.19. The molecule has 2 bridgehead atoms. The normalized spacial score (nSPS) is 33.3. The molecule has 0 aliphatic carbocycles. The highest BCUT2D eigenvalue weighted by Crippen LogP contribution is 2.41. The van der Waals surface area contributed by atoms with Crippen molar-refractivity contribution in [3.05, 3.63) is 0 Å². The van der Waals surface area contributed by atoms with Crippen molar-refractivity contribution >= 4 is 23.6 Å². The molecule has 21 heavy (non-hydrogen) atoms. The first-order chi connectivity index (χ1) is 10.1. The maximum atomic E-state index is 12.9. The number of amides is 2. The minimum atomic E-state index is 0.141. The van der Waals surface area contributed by atoms with Crippen LogP contribution in [0, 0.1) is 5.92 Å². The van der Waals surface area contributed by atoms with E-state index in [-0.39, 0.29) is 11.8 Å². The Hall–Kier alpha value is -0.710. The Bertz CT molecular complexity index is 407. The minimum absolute atomic E-state index is 0.141. The number of likely N-dealkylation sites (tertiary alicyclic amines) is 1. The van der Waals surface area contributed by atoms with Crippen LogP contribution in [0.3, 0.4) is 0 Å². The zero-order valence-electron chi connectivity index (χ0n) is 13.1. The van der Waals surface area contributed by atoms with Gasteiger partial charge in [0, 0.05) is 43.3 Å².